The van der Waals surface area contributed by atoms with E-state index in [0.717, 1.165) is 16.9 Å². The Kier molecular flexibility index (Phi) is 6.41. The van der Waals surface area contributed by atoms with Crippen molar-refractivity contribution in [1.82, 2.24) is 9.47 Å². The molecule has 0 radical (unpaired) electrons. The summed E-state index contributed by atoms with van der Waals surface area (Å²) in [5.74, 6) is 0.353. The number of methoxy groups -OCH3 is 2. The van der Waals surface area contributed by atoms with Gasteiger partial charge in [-0.15, -0.1) is 0 Å². The van der Waals surface area contributed by atoms with Gasteiger partial charge < -0.3 is 18.8 Å². The molecule has 8 nitrogen and oxygen atoms in total. The molecule has 0 unspecified atom stereocenters. The maximum atomic E-state index is 12.9. The van der Waals surface area contributed by atoms with E-state index in [1.165, 1.54) is 17.7 Å². The van der Waals surface area contributed by atoms with Crippen molar-refractivity contribution >= 4 is 23.2 Å². The second kappa shape index (κ2) is 9.00. The molecule has 0 aliphatic heterocycles. The third-order valence-electron chi connectivity index (χ3n) is 4.60. The predicted molar refractivity (Wildman–Crippen MR) is 111 cm³/mol. The summed E-state index contributed by atoms with van der Waals surface area (Å²) in [6, 6.07) is 10.6. The van der Waals surface area contributed by atoms with E-state index in [1.54, 1.807) is 32.0 Å². The Hall–Kier alpha value is -3.33. The van der Waals surface area contributed by atoms with Crippen LogP contribution >= 0.6 is 11.3 Å². The smallest absolute Gasteiger partial charge is 0.373 e. The topological polar surface area (TPSA) is 91.0 Å². The molecule has 158 valence electrons. The third-order valence-corrected chi connectivity index (χ3v) is 5.67. The highest BCUT2D eigenvalue weighted by Gasteiger charge is 2.22. The maximum absolute atomic E-state index is 12.9. The molecule has 0 aliphatic carbocycles. The highest BCUT2D eigenvalue weighted by atomic mass is 32.1. The molecule has 0 bridgehead atoms. The largest absolute Gasteiger partial charge is 0.497 e. The number of nitrogens with zero attached hydrogens (tertiary/aromatic N) is 2. The first-order chi connectivity index (χ1) is 14.3. The normalized spacial score (nSPS) is 10.7. The Bertz CT molecular complexity index is 1130. The number of esters is 1. The first-order valence-corrected chi connectivity index (χ1v) is 9.91. The van der Waals surface area contributed by atoms with Gasteiger partial charge in [-0.05, 0) is 36.8 Å². The van der Waals surface area contributed by atoms with Gasteiger partial charge in [-0.3, -0.25) is 14.2 Å². The van der Waals surface area contributed by atoms with Crippen LogP contribution in [0, 0.1) is 6.92 Å². The van der Waals surface area contributed by atoms with E-state index in [4.69, 9.17) is 9.15 Å². The zero-order valence-electron chi connectivity index (χ0n) is 17.1. The number of furan rings is 1. The third kappa shape index (κ3) is 4.46. The summed E-state index contributed by atoms with van der Waals surface area (Å²) in [5, 5.41) is 0. The Morgan fingerprint density at radius 1 is 1.20 bits per heavy atom. The number of benzene rings is 1. The van der Waals surface area contributed by atoms with E-state index in [2.05, 4.69) is 4.74 Å². The van der Waals surface area contributed by atoms with Gasteiger partial charge in [-0.2, -0.15) is 0 Å². The Morgan fingerprint density at radius 2 is 1.97 bits per heavy atom. The SMILES string of the molecule is COC(=O)c1ccc(Cn2c(C)c(C(=O)N(C)Cc3cccc(OC)c3)sc2=O)o1. The number of rotatable bonds is 7. The van der Waals surface area contributed by atoms with Crippen molar-refractivity contribution in [1.29, 1.82) is 0 Å². The fourth-order valence-corrected chi connectivity index (χ4v) is 3.96. The van der Waals surface area contributed by atoms with Crippen molar-refractivity contribution in [2.45, 2.75) is 20.0 Å². The number of carbonyl (C=O) groups excluding carboxylic acids is 2. The van der Waals surface area contributed by atoms with E-state index < -0.39 is 5.97 Å². The van der Waals surface area contributed by atoms with Crippen LogP contribution in [-0.4, -0.2) is 42.6 Å². The van der Waals surface area contributed by atoms with Crippen molar-refractivity contribution in [2.75, 3.05) is 21.3 Å². The minimum atomic E-state index is -0.592. The summed E-state index contributed by atoms with van der Waals surface area (Å²) < 4.78 is 16.7. The number of hydrogen-bond acceptors (Lipinski definition) is 7. The molecule has 9 heteroatoms. The standard InChI is InChI=1S/C21H22N2O6S/c1-13-18(19(24)22(2)11-14-6-5-7-15(10-14)27-3)30-21(26)23(13)12-16-8-9-17(29-16)20(25)28-4/h5-10H,11-12H2,1-4H3. The van der Waals surface area contributed by atoms with Gasteiger partial charge in [-0.25, -0.2) is 4.79 Å². The fourth-order valence-electron chi connectivity index (χ4n) is 2.98. The van der Waals surface area contributed by atoms with Gasteiger partial charge in [0.2, 0.25) is 5.76 Å². The van der Waals surface area contributed by atoms with Crippen LogP contribution in [0.1, 0.15) is 37.2 Å². The summed E-state index contributed by atoms with van der Waals surface area (Å²) in [7, 11) is 4.54. The maximum Gasteiger partial charge on any atom is 0.373 e. The molecular weight excluding hydrogens is 408 g/mol. The molecule has 3 aromatic rings. The Labute approximate surface area is 177 Å². The van der Waals surface area contributed by atoms with Gasteiger partial charge in [-0.1, -0.05) is 23.5 Å². The van der Waals surface area contributed by atoms with Crippen LogP contribution in [0.2, 0.25) is 0 Å². The monoisotopic (exact) mass is 430 g/mol. The zero-order valence-corrected chi connectivity index (χ0v) is 17.9. The molecule has 0 N–H and O–H groups in total. The van der Waals surface area contributed by atoms with Crippen LogP contribution in [0.25, 0.3) is 0 Å². The highest BCUT2D eigenvalue weighted by Crippen LogP contribution is 2.19. The van der Waals surface area contributed by atoms with Crippen LogP contribution in [0.5, 0.6) is 5.75 Å². The number of amides is 1. The van der Waals surface area contributed by atoms with Gasteiger partial charge in [0.05, 0.1) is 20.8 Å². The minimum Gasteiger partial charge on any atom is -0.497 e. The second-order valence-electron chi connectivity index (χ2n) is 6.64. The van der Waals surface area contributed by atoms with Gasteiger partial charge >= 0.3 is 10.8 Å². The molecule has 0 saturated heterocycles. The van der Waals surface area contributed by atoms with E-state index in [1.807, 2.05) is 24.3 Å². The van der Waals surface area contributed by atoms with Gasteiger partial charge in [0.1, 0.15) is 16.4 Å². The lowest BCUT2D eigenvalue weighted by Crippen LogP contribution is -2.26. The van der Waals surface area contributed by atoms with E-state index >= 15 is 0 Å². The van der Waals surface area contributed by atoms with Gasteiger partial charge in [0, 0.05) is 19.3 Å². The Balaban J connectivity index is 1.78. The lowest BCUT2D eigenvalue weighted by Gasteiger charge is -2.17. The lowest BCUT2D eigenvalue weighted by atomic mass is 10.2. The number of carbonyl (C=O) groups is 2. The van der Waals surface area contributed by atoms with E-state index in [0.29, 0.717) is 28.6 Å². The number of ether oxygens (including phenoxy) is 2. The summed E-state index contributed by atoms with van der Waals surface area (Å²) in [6.45, 7) is 2.21. The molecule has 3 rings (SSSR count). The van der Waals surface area contributed by atoms with Crippen molar-refractivity contribution in [3.05, 3.63) is 73.7 Å². The number of hydrogen-bond donors (Lipinski definition) is 0. The van der Waals surface area contributed by atoms with Gasteiger partial charge in [0.25, 0.3) is 5.91 Å². The summed E-state index contributed by atoms with van der Waals surface area (Å²) in [6.07, 6.45) is 0. The summed E-state index contributed by atoms with van der Waals surface area (Å²) in [4.78, 5) is 38.6. The molecule has 1 amide bonds. The molecule has 2 aromatic heterocycles. The van der Waals surface area contributed by atoms with E-state index in [-0.39, 0.29) is 23.1 Å². The van der Waals surface area contributed by atoms with Crippen LogP contribution in [0.15, 0.2) is 45.6 Å². The van der Waals surface area contributed by atoms with Crippen molar-refractivity contribution in [3.63, 3.8) is 0 Å². The molecule has 0 spiro atoms. The van der Waals surface area contributed by atoms with Crippen LogP contribution in [0.3, 0.4) is 0 Å². The van der Waals surface area contributed by atoms with Crippen LogP contribution < -0.4 is 9.61 Å². The van der Waals surface area contributed by atoms with Gasteiger partial charge in [0.15, 0.2) is 0 Å². The van der Waals surface area contributed by atoms with Crippen molar-refractivity contribution in [3.8, 4) is 5.75 Å². The molecular formula is C21H22N2O6S. The molecule has 2 heterocycles. The average Bonchev–Trinajstić information content (AvgIpc) is 3.33. The number of aromatic nitrogens is 1. The fraction of sp³-hybridized carbons (Fsp3) is 0.286. The summed E-state index contributed by atoms with van der Waals surface area (Å²) in [5.41, 5.74) is 1.46. The molecule has 30 heavy (non-hydrogen) atoms. The van der Waals surface area contributed by atoms with E-state index in [9.17, 15) is 14.4 Å². The molecule has 1 aromatic carbocycles. The zero-order chi connectivity index (χ0) is 21.8. The minimum absolute atomic E-state index is 0.0581. The van der Waals surface area contributed by atoms with Crippen LogP contribution in [0.4, 0.5) is 0 Å². The first-order valence-electron chi connectivity index (χ1n) is 9.09. The highest BCUT2D eigenvalue weighted by molar-refractivity contribution is 7.11. The molecule has 0 aliphatic rings. The van der Waals surface area contributed by atoms with Crippen LogP contribution in [-0.2, 0) is 17.8 Å². The predicted octanol–water partition coefficient (Wildman–Crippen LogP) is 2.93. The lowest BCUT2D eigenvalue weighted by molar-refractivity contribution is 0.0562. The molecule has 0 saturated carbocycles. The number of thiazole rings is 1. The summed E-state index contributed by atoms with van der Waals surface area (Å²) >= 11 is 0.891. The quantitative estimate of drug-likeness (QED) is 0.536. The second-order valence-corrected chi connectivity index (χ2v) is 7.60. The Morgan fingerprint density at radius 3 is 2.67 bits per heavy atom. The first kappa shape index (κ1) is 21.4. The molecule has 0 fully saturated rings. The molecule has 0 atom stereocenters. The van der Waals surface area contributed by atoms with Crippen molar-refractivity contribution in [2.24, 2.45) is 0 Å². The average molecular weight is 430 g/mol. The van der Waals surface area contributed by atoms with Crippen molar-refractivity contribution < 1.29 is 23.5 Å².